The Hall–Kier alpha value is -1.89. The molecule has 2 saturated carbocycles. The van der Waals surface area contributed by atoms with Gasteiger partial charge in [0.15, 0.2) is 0 Å². The number of carbonyl (C=O) groups is 3. The van der Waals surface area contributed by atoms with Crippen molar-refractivity contribution < 1.29 is 19.1 Å². The number of benzene rings is 1. The van der Waals surface area contributed by atoms with Gasteiger partial charge in [0.05, 0.1) is 16.7 Å². The summed E-state index contributed by atoms with van der Waals surface area (Å²) in [5, 5.41) is 5.57. The van der Waals surface area contributed by atoms with Crippen LogP contribution in [-0.2, 0) is 19.1 Å². The number of ether oxygens (including phenoxy) is 1. The Morgan fingerprint density at radius 2 is 1.75 bits per heavy atom. The molecule has 0 radical (unpaired) electrons. The summed E-state index contributed by atoms with van der Waals surface area (Å²) in [6.45, 7) is 1.44. The van der Waals surface area contributed by atoms with Gasteiger partial charge in [-0.15, -0.1) is 0 Å². The molecule has 24 heavy (non-hydrogen) atoms. The number of fused-ring (bicyclic) bond motifs is 1. The van der Waals surface area contributed by atoms with Crippen molar-refractivity contribution in [2.75, 3.05) is 10.6 Å². The van der Waals surface area contributed by atoms with Crippen LogP contribution in [-0.4, -0.2) is 28.7 Å². The number of amides is 2. The minimum atomic E-state index is -0.347. The summed E-state index contributed by atoms with van der Waals surface area (Å²) < 4.78 is 5.43. The van der Waals surface area contributed by atoms with Crippen LogP contribution in [0.4, 0.5) is 11.4 Å². The van der Waals surface area contributed by atoms with Gasteiger partial charge in [-0.05, 0) is 36.6 Å². The average Bonchev–Trinajstić information content (AvgIpc) is 3.13. The lowest BCUT2D eigenvalue weighted by Crippen LogP contribution is -2.40. The van der Waals surface area contributed by atoms with Crippen molar-refractivity contribution in [2.45, 2.75) is 24.3 Å². The van der Waals surface area contributed by atoms with Crippen LogP contribution in [0.25, 0.3) is 0 Å². The predicted octanol–water partition coefficient (Wildman–Crippen LogP) is 2.15. The second kappa shape index (κ2) is 5.58. The van der Waals surface area contributed by atoms with Gasteiger partial charge in [-0.25, -0.2) is 0 Å². The summed E-state index contributed by atoms with van der Waals surface area (Å²) in [4.78, 5) is 35.9. The summed E-state index contributed by atoms with van der Waals surface area (Å²) in [6.07, 6.45) is 0.782. The van der Waals surface area contributed by atoms with Crippen LogP contribution >= 0.6 is 15.9 Å². The summed E-state index contributed by atoms with van der Waals surface area (Å²) in [7, 11) is 0. The Morgan fingerprint density at radius 3 is 2.38 bits per heavy atom. The number of esters is 1. The van der Waals surface area contributed by atoms with Crippen molar-refractivity contribution >= 4 is 45.1 Å². The molecule has 3 fully saturated rings. The van der Waals surface area contributed by atoms with E-state index in [9.17, 15) is 14.4 Å². The van der Waals surface area contributed by atoms with Crippen LogP contribution in [0, 0.1) is 23.7 Å². The maximum absolute atomic E-state index is 12.7. The standard InChI is InChI=1S/C17H17BrN2O4/c1-7(21)19-8-2-4-9(5-3-8)20-16(22)12-10-6-11-13(12)17(23)24-15(11)14(10)18/h2-5,10-15H,6H2,1H3,(H,19,21)(H,20,22)/t10-,11-,12-,13-,14+,15+/m1/s1. The van der Waals surface area contributed by atoms with Crippen LogP contribution in [0.5, 0.6) is 0 Å². The molecule has 1 aromatic rings. The minimum absolute atomic E-state index is 0.0584. The monoisotopic (exact) mass is 392 g/mol. The zero-order valence-corrected chi connectivity index (χ0v) is 14.6. The lowest BCUT2D eigenvalue weighted by molar-refractivity contribution is -0.145. The third kappa shape index (κ3) is 2.33. The molecule has 126 valence electrons. The number of halogens is 1. The highest BCUT2D eigenvalue weighted by Gasteiger charge is 2.67. The first-order valence-corrected chi connectivity index (χ1v) is 8.90. The van der Waals surface area contributed by atoms with Gasteiger partial charge in [-0.3, -0.25) is 14.4 Å². The molecule has 0 spiro atoms. The number of alkyl halides is 1. The predicted molar refractivity (Wildman–Crippen MR) is 90.5 cm³/mol. The van der Waals surface area contributed by atoms with Crippen molar-refractivity contribution in [1.29, 1.82) is 0 Å². The number of hydrogen-bond acceptors (Lipinski definition) is 4. The molecule has 7 heteroatoms. The largest absolute Gasteiger partial charge is 0.461 e. The van der Waals surface area contributed by atoms with Crippen LogP contribution in [0.3, 0.4) is 0 Å². The van der Waals surface area contributed by atoms with Gasteiger partial charge in [0, 0.05) is 24.2 Å². The molecule has 1 saturated heterocycles. The molecule has 1 aromatic carbocycles. The topological polar surface area (TPSA) is 84.5 Å². The first-order valence-electron chi connectivity index (χ1n) is 7.99. The maximum atomic E-state index is 12.7. The molecule has 1 aliphatic heterocycles. The van der Waals surface area contributed by atoms with E-state index in [-0.39, 0.29) is 52.4 Å². The van der Waals surface area contributed by atoms with E-state index in [1.54, 1.807) is 24.3 Å². The highest BCUT2D eigenvalue weighted by Crippen LogP contribution is 2.60. The van der Waals surface area contributed by atoms with Crippen LogP contribution in [0.1, 0.15) is 13.3 Å². The molecular weight excluding hydrogens is 376 g/mol. The Labute approximate surface area is 147 Å². The highest BCUT2D eigenvalue weighted by atomic mass is 79.9. The fourth-order valence-electron chi connectivity index (χ4n) is 4.40. The molecule has 3 aliphatic rings. The lowest BCUT2D eigenvalue weighted by Gasteiger charge is -2.27. The molecule has 6 nitrogen and oxygen atoms in total. The van der Waals surface area contributed by atoms with E-state index >= 15 is 0 Å². The molecule has 2 amide bonds. The fraction of sp³-hybridized carbons (Fsp3) is 0.471. The van der Waals surface area contributed by atoms with E-state index < -0.39 is 0 Å². The van der Waals surface area contributed by atoms with Crippen LogP contribution in [0.2, 0.25) is 0 Å². The van der Waals surface area contributed by atoms with Crippen molar-refractivity contribution in [3.63, 3.8) is 0 Å². The van der Waals surface area contributed by atoms with Crippen LogP contribution in [0.15, 0.2) is 24.3 Å². The van der Waals surface area contributed by atoms with Gasteiger partial charge in [-0.1, -0.05) is 15.9 Å². The second-order valence-corrected chi connectivity index (χ2v) is 7.77. The number of carbonyl (C=O) groups excluding carboxylic acids is 3. The van der Waals surface area contributed by atoms with E-state index in [2.05, 4.69) is 26.6 Å². The van der Waals surface area contributed by atoms with Gasteiger partial charge in [0.2, 0.25) is 11.8 Å². The van der Waals surface area contributed by atoms with E-state index in [1.807, 2.05) is 0 Å². The molecule has 1 heterocycles. The van der Waals surface area contributed by atoms with Gasteiger partial charge >= 0.3 is 5.97 Å². The third-order valence-corrected chi connectivity index (χ3v) is 6.50. The zero-order chi connectivity index (χ0) is 17.0. The van der Waals surface area contributed by atoms with Gasteiger partial charge in [-0.2, -0.15) is 0 Å². The van der Waals surface area contributed by atoms with Crippen molar-refractivity contribution in [3.05, 3.63) is 24.3 Å². The normalized spacial score (nSPS) is 35.7. The van der Waals surface area contributed by atoms with Crippen molar-refractivity contribution in [2.24, 2.45) is 23.7 Å². The minimum Gasteiger partial charge on any atom is -0.461 e. The Bertz CT molecular complexity index is 720. The summed E-state index contributed by atoms with van der Waals surface area (Å²) in [5.41, 5.74) is 1.31. The van der Waals surface area contributed by atoms with E-state index in [1.165, 1.54) is 6.92 Å². The summed E-state index contributed by atoms with van der Waals surface area (Å²) in [6, 6.07) is 6.92. The quantitative estimate of drug-likeness (QED) is 0.609. The fourth-order valence-corrected chi connectivity index (χ4v) is 5.44. The average molecular weight is 393 g/mol. The second-order valence-electron chi connectivity index (χ2n) is 6.71. The van der Waals surface area contributed by atoms with E-state index in [0.717, 1.165) is 6.42 Å². The summed E-state index contributed by atoms with van der Waals surface area (Å²) >= 11 is 3.61. The lowest BCUT2D eigenvalue weighted by atomic mass is 9.79. The molecule has 2 aliphatic carbocycles. The SMILES string of the molecule is CC(=O)Nc1ccc(NC(=O)[C@@H]2[C@H]3C[C@H]4[C@H](OC(=O)[C@H]42)[C@H]3Br)cc1. The first kappa shape index (κ1) is 15.6. The molecular formula is C17H17BrN2O4. The van der Waals surface area contributed by atoms with E-state index in [0.29, 0.717) is 11.4 Å². The Kier molecular flexibility index (Phi) is 3.63. The van der Waals surface area contributed by atoms with Gasteiger partial charge in [0.25, 0.3) is 0 Å². The van der Waals surface area contributed by atoms with Crippen molar-refractivity contribution in [3.8, 4) is 0 Å². The number of hydrogen-bond donors (Lipinski definition) is 2. The number of rotatable bonds is 3. The molecule has 0 aromatic heterocycles. The maximum Gasteiger partial charge on any atom is 0.310 e. The van der Waals surface area contributed by atoms with Gasteiger partial charge < -0.3 is 15.4 Å². The number of nitrogens with one attached hydrogen (secondary N) is 2. The van der Waals surface area contributed by atoms with Gasteiger partial charge in [0.1, 0.15) is 6.10 Å². The Morgan fingerprint density at radius 1 is 1.12 bits per heavy atom. The summed E-state index contributed by atoms with van der Waals surface area (Å²) in [5.74, 6) is -0.892. The molecule has 0 unspecified atom stereocenters. The molecule has 4 rings (SSSR count). The third-order valence-electron chi connectivity index (χ3n) is 5.30. The molecule has 2 bridgehead atoms. The molecule has 6 atom stereocenters. The van der Waals surface area contributed by atoms with E-state index in [4.69, 9.17) is 4.74 Å². The number of anilines is 2. The zero-order valence-electron chi connectivity index (χ0n) is 13.0. The smallest absolute Gasteiger partial charge is 0.310 e. The Balaban J connectivity index is 1.49. The highest BCUT2D eigenvalue weighted by molar-refractivity contribution is 9.09. The molecule has 2 N–H and O–H groups in total. The van der Waals surface area contributed by atoms with Crippen molar-refractivity contribution in [1.82, 2.24) is 0 Å². The first-order chi connectivity index (χ1) is 11.5. The van der Waals surface area contributed by atoms with Crippen LogP contribution < -0.4 is 10.6 Å².